The van der Waals surface area contributed by atoms with Crippen molar-refractivity contribution in [3.63, 3.8) is 0 Å². The molecule has 0 unspecified atom stereocenters. The lowest BCUT2D eigenvalue weighted by Gasteiger charge is -2.47. The van der Waals surface area contributed by atoms with Gasteiger partial charge in [0.05, 0.1) is 11.4 Å². The van der Waals surface area contributed by atoms with Crippen LogP contribution < -0.4 is 52.4 Å². The van der Waals surface area contributed by atoms with Gasteiger partial charge < -0.3 is 18.6 Å². The lowest BCUT2D eigenvalue weighted by Crippen LogP contribution is -2.61. The van der Waals surface area contributed by atoms with Crippen LogP contribution in [0.15, 0.2) is 215 Å². The highest BCUT2D eigenvalue weighted by atomic mass is 16.4. The predicted molar refractivity (Wildman–Crippen MR) is 552 cm³/mol. The molecule has 0 atom stereocenters. The quantitative estimate of drug-likeness (QED) is 0.141. The van der Waals surface area contributed by atoms with Crippen molar-refractivity contribution < 1.29 is 8.83 Å². The maximum absolute atomic E-state index is 7.85. The highest BCUT2D eigenvalue weighted by molar-refractivity contribution is 7.02. The first-order chi connectivity index (χ1) is 60.8. The minimum absolute atomic E-state index is 0.00466. The molecule has 0 radical (unpaired) electrons. The van der Waals surface area contributed by atoms with Crippen molar-refractivity contribution in [2.75, 3.05) is 19.6 Å². The van der Waals surface area contributed by atoms with Gasteiger partial charge in [-0.2, -0.15) is 0 Å². The van der Waals surface area contributed by atoms with E-state index < -0.39 is 0 Å². The van der Waals surface area contributed by atoms with Gasteiger partial charge in [-0.15, -0.1) is 0 Å². The van der Waals surface area contributed by atoms with Gasteiger partial charge in [0.15, 0.2) is 0 Å². The second-order valence-electron chi connectivity index (χ2n) is 48.2. The standard InChI is InChI=1S/C121H130B2N4O2/c1-70-53-98-106-100(55-70)126(108-72(3)57-78(58-73(108)4)112(5,6)7)111-105(123(106)95-67-91-93(121(25,26)52-50-119(91,21)22)69-97(95)125(98)81-41-43-87-89(65-81)117(17,18)48-46-115(87,13)14)85-61-75(39-44-103(85)129-111)59-74-33-32-36-77(60-74)84-63-79(113(8,9)10)62-83(76-34-28-27-29-35-76)109(84)127-101-56-71(2)54-99-107(101)122(104-82-37-30-31-38-102(82)128-110(104)127)94-66-90-92(120(23,24)51-49-118(90,19)20)68-96(94)124(99)80-40-42-86-88(64-80)116(15,16)47-45-114(86,11)12/h27-44,53-58,60-69H,45-52,59H2,1-26H3. The summed E-state index contributed by atoms with van der Waals surface area (Å²) in [5.74, 6) is 1.78. The molecule has 652 valence electrons. The Hall–Kier alpha value is -11.0. The highest BCUT2D eigenvalue weighted by Crippen LogP contribution is 2.60. The van der Waals surface area contributed by atoms with E-state index in [0.29, 0.717) is 6.42 Å². The Bertz CT molecular complexity index is 7130. The van der Waals surface area contributed by atoms with E-state index in [0.717, 1.165) is 112 Å². The first-order valence-corrected chi connectivity index (χ1v) is 48.5. The molecule has 0 saturated heterocycles. The molecule has 2 aromatic heterocycles. The molecule has 6 heterocycles. The first kappa shape index (κ1) is 83.7. The zero-order valence-corrected chi connectivity index (χ0v) is 81.8. The van der Waals surface area contributed by atoms with Crippen LogP contribution in [-0.2, 0) is 60.6 Å². The summed E-state index contributed by atoms with van der Waals surface area (Å²) >= 11 is 0. The van der Waals surface area contributed by atoms with Crippen molar-refractivity contribution in [3.05, 3.63) is 295 Å². The fourth-order valence-corrected chi connectivity index (χ4v) is 25.2. The van der Waals surface area contributed by atoms with Gasteiger partial charge in [-0.1, -0.05) is 268 Å². The third-order valence-electron chi connectivity index (χ3n) is 33.3. The Morgan fingerprint density at radius 3 is 1.13 bits per heavy atom. The lowest BCUT2D eigenvalue weighted by molar-refractivity contribution is 0.332. The van der Waals surface area contributed by atoms with Gasteiger partial charge in [-0.25, -0.2) is 0 Å². The second-order valence-corrected chi connectivity index (χ2v) is 48.2. The topological polar surface area (TPSA) is 39.2 Å². The van der Waals surface area contributed by atoms with E-state index in [4.69, 9.17) is 8.83 Å². The molecule has 0 N–H and O–H groups in total. The molecule has 4 aliphatic carbocycles. The average molecular weight is 1690 g/mol. The van der Waals surface area contributed by atoms with Crippen LogP contribution in [0.4, 0.5) is 68.6 Å². The van der Waals surface area contributed by atoms with E-state index in [-0.39, 0.29) is 67.6 Å². The molecule has 6 nitrogen and oxygen atoms in total. The predicted octanol–water partition coefficient (Wildman–Crippen LogP) is 29.5. The Morgan fingerprint density at radius 1 is 0.295 bits per heavy atom. The van der Waals surface area contributed by atoms with Crippen molar-refractivity contribution in [1.82, 2.24) is 0 Å². The molecule has 0 amide bonds. The fourth-order valence-electron chi connectivity index (χ4n) is 25.2. The summed E-state index contributed by atoms with van der Waals surface area (Å²) in [4.78, 5) is 10.6. The van der Waals surface area contributed by atoms with Crippen molar-refractivity contribution in [3.8, 4) is 22.3 Å². The molecule has 14 aromatic rings. The number of rotatable bonds is 8. The van der Waals surface area contributed by atoms with Crippen molar-refractivity contribution in [2.24, 2.45) is 0 Å². The molecular formula is C121H130B2N4O2. The summed E-state index contributed by atoms with van der Waals surface area (Å²) in [6, 6.07) is 83.0. The fraction of sp³-hybridized carbons (Fsp3) is 0.372. The number of furan rings is 2. The van der Waals surface area contributed by atoms with E-state index >= 15 is 0 Å². The van der Waals surface area contributed by atoms with Crippen molar-refractivity contribution >= 4 is 137 Å². The van der Waals surface area contributed by atoms with E-state index in [1.807, 2.05) is 0 Å². The molecule has 0 spiro atoms. The van der Waals surface area contributed by atoms with E-state index in [2.05, 4.69) is 406 Å². The smallest absolute Gasteiger partial charge is 0.257 e. The van der Waals surface area contributed by atoms with Crippen LogP contribution in [0, 0.1) is 27.7 Å². The minimum atomic E-state index is -0.236. The van der Waals surface area contributed by atoms with E-state index in [9.17, 15) is 0 Å². The largest absolute Gasteiger partial charge is 0.440 e. The van der Waals surface area contributed by atoms with Gasteiger partial charge in [-0.05, 0) is 353 Å². The number of nitrogens with zero attached hydrogens (tertiary/aromatic N) is 4. The Labute approximate surface area is 769 Å². The zero-order valence-electron chi connectivity index (χ0n) is 81.8. The van der Waals surface area contributed by atoms with Crippen LogP contribution in [0.2, 0.25) is 0 Å². The molecular weight excluding hydrogens is 1560 g/mol. The van der Waals surface area contributed by atoms with Crippen LogP contribution in [0.5, 0.6) is 0 Å². The van der Waals surface area contributed by atoms with Crippen LogP contribution >= 0.6 is 0 Å². The van der Waals surface area contributed by atoms with Crippen molar-refractivity contribution in [2.45, 2.75) is 292 Å². The number of para-hydroxylation sites is 1. The van der Waals surface area contributed by atoms with Gasteiger partial charge in [0.2, 0.25) is 11.8 Å². The molecule has 0 fully saturated rings. The molecule has 0 bridgehead atoms. The Balaban J connectivity index is 0.760. The monoisotopic (exact) mass is 1690 g/mol. The maximum Gasteiger partial charge on any atom is 0.257 e. The van der Waals surface area contributed by atoms with E-state index in [1.165, 1.54) is 174 Å². The second kappa shape index (κ2) is 27.8. The number of hydrogen-bond acceptors (Lipinski definition) is 6. The number of hydrogen-bond donors (Lipinski definition) is 0. The molecule has 0 saturated carbocycles. The van der Waals surface area contributed by atoms with Crippen LogP contribution in [-0.4, -0.2) is 13.4 Å². The summed E-state index contributed by atoms with van der Waals surface area (Å²) in [5.41, 5.74) is 47.6. The summed E-state index contributed by atoms with van der Waals surface area (Å²) in [5, 5.41) is 2.31. The third kappa shape index (κ3) is 12.7. The molecule has 129 heavy (non-hydrogen) atoms. The summed E-state index contributed by atoms with van der Waals surface area (Å²) < 4.78 is 15.7. The molecule has 22 rings (SSSR count). The molecule has 8 heteroatoms. The molecule has 12 aromatic carbocycles. The maximum atomic E-state index is 7.85. The summed E-state index contributed by atoms with van der Waals surface area (Å²) in [7, 11) is 0. The Morgan fingerprint density at radius 2 is 0.667 bits per heavy atom. The number of benzene rings is 12. The number of fused-ring (bicyclic) bond motifs is 16. The van der Waals surface area contributed by atoms with Crippen LogP contribution in [0.3, 0.4) is 0 Å². The van der Waals surface area contributed by atoms with Gasteiger partial charge in [0, 0.05) is 78.3 Å². The van der Waals surface area contributed by atoms with Crippen LogP contribution in [0.1, 0.15) is 293 Å². The third-order valence-corrected chi connectivity index (χ3v) is 33.3. The summed E-state index contributed by atoms with van der Waals surface area (Å²) in [6.45, 7) is 63.0. The average Bonchev–Trinajstić information content (AvgIpc) is 1.64. The Kier molecular flexibility index (Phi) is 18.0. The highest BCUT2D eigenvalue weighted by Gasteiger charge is 2.54. The first-order valence-electron chi connectivity index (χ1n) is 48.5. The minimum Gasteiger partial charge on any atom is -0.440 e. The van der Waals surface area contributed by atoms with Crippen LogP contribution in [0.25, 0.3) is 44.2 Å². The normalized spacial score (nSPS) is 18.7. The van der Waals surface area contributed by atoms with E-state index in [1.54, 1.807) is 0 Å². The van der Waals surface area contributed by atoms with Gasteiger partial charge in [0.1, 0.15) is 11.2 Å². The lowest BCUT2D eigenvalue weighted by atomic mass is 9.33. The molecule has 8 aliphatic rings. The summed E-state index contributed by atoms with van der Waals surface area (Å²) in [6.07, 6.45) is 9.78. The number of aryl methyl sites for hydroxylation is 4. The van der Waals surface area contributed by atoms with Gasteiger partial charge in [0.25, 0.3) is 13.4 Å². The van der Waals surface area contributed by atoms with Gasteiger partial charge >= 0.3 is 0 Å². The zero-order chi connectivity index (χ0) is 90.5. The SMILES string of the molecule is Cc1cc2c3c(c1)N(c1c(C)cc(C(C)(C)C)cc1C)c1oc4ccc(Cc5cccc(-c6cc(C(C)(C)C)cc(-c7ccccc7)c6N6c7cc(C)cc8c7B(c7cc9c(cc7N8c7ccc8c(c7)C(C)(C)CCC8(C)C)C(C)(C)CCC9(C)C)c7c6oc6ccccc76)c5)cc4c1B3c1cc3c(cc1N2c1ccc2c(c1)C(C)(C)CCC2(C)C)C(C)(C)CCC3(C)C. The van der Waals surface area contributed by atoms with Crippen molar-refractivity contribution in [1.29, 1.82) is 0 Å². The molecule has 4 aliphatic heterocycles. The van der Waals surface area contributed by atoms with Gasteiger partial charge in [-0.3, -0.25) is 9.80 Å². The number of anilines is 12.